The molecule has 0 radical (unpaired) electrons. The van der Waals surface area contributed by atoms with Gasteiger partial charge in [-0.25, -0.2) is 18.7 Å². The van der Waals surface area contributed by atoms with Crippen molar-refractivity contribution in [1.82, 2.24) is 14.5 Å². The molecule has 1 aromatic carbocycles. The molecule has 3 aromatic rings. The Labute approximate surface area is 160 Å². The predicted molar refractivity (Wildman–Crippen MR) is 101 cm³/mol. The minimum Gasteiger partial charge on any atom is -0.496 e. The van der Waals surface area contributed by atoms with E-state index in [0.29, 0.717) is 22.5 Å². The molecule has 0 amide bonds. The average molecular weight is 383 g/mol. The maximum Gasteiger partial charge on any atom is 0.252 e. The Morgan fingerprint density at radius 3 is 2.61 bits per heavy atom. The van der Waals surface area contributed by atoms with Gasteiger partial charge in [0, 0.05) is 24.4 Å². The molecule has 1 fully saturated rings. The first kappa shape index (κ1) is 18.2. The maximum atomic E-state index is 13.4. The smallest absolute Gasteiger partial charge is 0.252 e. The number of aryl methyl sites for hydroxylation is 1. The zero-order valence-corrected chi connectivity index (χ0v) is 15.8. The monoisotopic (exact) mass is 383 g/mol. The zero-order chi connectivity index (χ0) is 20.2. The summed E-state index contributed by atoms with van der Waals surface area (Å²) in [6.45, 7) is 3.84. The summed E-state index contributed by atoms with van der Waals surface area (Å²) in [6.07, 6.45) is 0.977. The Morgan fingerprint density at radius 1 is 1.29 bits per heavy atom. The first-order valence-electron chi connectivity index (χ1n) is 8.86. The largest absolute Gasteiger partial charge is 0.496 e. The summed E-state index contributed by atoms with van der Waals surface area (Å²) in [6, 6.07) is 5.39. The standard InChI is InChI=1S/C20H19F2N5O/c1-10-4-5-14(28-3)11(2)15(10)16-17(24)13(8-23)26-19-18(16)25-9-27(19)12-6-20(21,22)7-12/h4-5,9,12H,6-7,24H2,1-3H3. The van der Waals surface area contributed by atoms with Crippen molar-refractivity contribution in [2.24, 2.45) is 0 Å². The molecule has 1 aliphatic rings. The van der Waals surface area contributed by atoms with E-state index in [9.17, 15) is 14.0 Å². The first-order valence-corrected chi connectivity index (χ1v) is 8.86. The van der Waals surface area contributed by atoms with Crippen molar-refractivity contribution in [3.05, 3.63) is 35.3 Å². The number of nitrogens with zero attached hydrogens (tertiary/aromatic N) is 4. The number of halogens is 2. The van der Waals surface area contributed by atoms with Crippen molar-refractivity contribution < 1.29 is 13.5 Å². The molecular formula is C20H19F2N5O. The quantitative estimate of drug-likeness (QED) is 0.734. The molecule has 0 aliphatic heterocycles. The van der Waals surface area contributed by atoms with Crippen LogP contribution in [0.5, 0.6) is 5.75 Å². The van der Waals surface area contributed by atoms with E-state index in [2.05, 4.69) is 9.97 Å². The molecule has 28 heavy (non-hydrogen) atoms. The van der Waals surface area contributed by atoms with Gasteiger partial charge in [0.2, 0.25) is 0 Å². The van der Waals surface area contributed by atoms with Crippen LogP contribution in [0.1, 0.15) is 35.7 Å². The molecule has 4 rings (SSSR count). The molecule has 0 bridgehead atoms. The summed E-state index contributed by atoms with van der Waals surface area (Å²) in [5.74, 6) is -1.99. The maximum absolute atomic E-state index is 13.4. The van der Waals surface area contributed by atoms with Crippen LogP contribution in [0.4, 0.5) is 14.5 Å². The number of pyridine rings is 1. The van der Waals surface area contributed by atoms with Gasteiger partial charge in [-0.3, -0.25) is 0 Å². The summed E-state index contributed by atoms with van der Waals surface area (Å²) in [5.41, 5.74) is 10.6. The van der Waals surface area contributed by atoms with Crippen molar-refractivity contribution in [1.29, 1.82) is 5.26 Å². The van der Waals surface area contributed by atoms with E-state index < -0.39 is 12.0 Å². The van der Waals surface area contributed by atoms with Crippen molar-refractivity contribution in [2.75, 3.05) is 12.8 Å². The van der Waals surface area contributed by atoms with Gasteiger partial charge in [-0.05, 0) is 36.6 Å². The molecular weight excluding hydrogens is 364 g/mol. The van der Waals surface area contributed by atoms with Crippen molar-refractivity contribution in [2.45, 2.75) is 38.7 Å². The highest BCUT2D eigenvalue weighted by Gasteiger charge is 2.47. The predicted octanol–water partition coefficient (Wildman–Crippen LogP) is 4.15. The van der Waals surface area contributed by atoms with Crippen LogP contribution in [0, 0.1) is 25.2 Å². The summed E-state index contributed by atoms with van der Waals surface area (Å²) in [5, 5.41) is 9.54. The lowest BCUT2D eigenvalue weighted by molar-refractivity contribution is -0.103. The van der Waals surface area contributed by atoms with Crippen molar-refractivity contribution >= 4 is 16.9 Å². The summed E-state index contributed by atoms with van der Waals surface area (Å²) < 4.78 is 33.8. The second-order valence-corrected chi connectivity index (χ2v) is 7.19. The highest BCUT2D eigenvalue weighted by molar-refractivity contribution is 6.00. The van der Waals surface area contributed by atoms with Crippen LogP contribution in [0.15, 0.2) is 18.5 Å². The normalized spacial score (nSPS) is 16.0. The number of nitrogens with two attached hydrogens (primary N) is 1. The molecule has 0 atom stereocenters. The summed E-state index contributed by atoms with van der Waals surface area (Å²) >= 11 is 0. The number of hydrogen-bond donors (Lipinski definition) is 1. The van der Waals surface area contributed by atoms with Crippen LogP contribution in [-0.4, -0.2) is 27.6 Å². The van der Waals surface area contributed by atoms with Crippen LogP contribution >= 0.6 is 0 Å². The van der Waals surface area contributed by atoms with E-state index in [1.165, 1.54) is 6.33 Å². The highest BCUT2D eigenvalue weighted by atomic mass is 19.3. The number of anilines is 1. The second-order valence-electron chi connectivity index (χ2n) is 7.19. The van der Waals surface area contributed by atoms with E-state index in [0.717, 1.165) is 16.7 Å². The topological polar surface area (TPSA) is 89.8 Å². The van der Waals surface area contributed by atoms with Gasteiger partial charge in [0.1, 0.15) is 17.3 Å². The van der Waals surface area contributed by atoms with Gasteiger partial charge in [-0.15, -0.1) is 0 Å². The fourth-order valence-electron chi connectivity index (χ4n) is 3.92. The first-order chi connectivity index (χ1) is 13.3. The number of nitrogen functional groups attached to an aromatic ring is 1. The summed E-state index contributed by atoms with van der Waals surface area (Å²) in [7, 11) is 1.58. The Balaban J connectivity index is 2.01. The molecule has 2 heterocycles. The molecule has 2 N–H and O–H groups in total. The van der Waals surface area contributed by atoms with Crippen molar-refractivity contribution in [3.63, 3.8) is 0 Å². The van der Waals surface area contributed by atoms with Crippen LogP contribution in [0.25, 0.3) is 22.3 Å². The average Bonchev–Trinajstić information content (AvgIpc) is 3.04. The Hall–Kier alpha value is -3.21. The molecule has 2 aromatic heterocycles. The number of imidazole rings is 1. The second kappa shape index (κ2) is 6.16. The fraction of sp³-hybridized carbons (Fsp3) is 0.350. The van der Waals surface area contributed by atoms with Gasteiger partial charge < -0.3 is 15.0 Å². The number of nitriles is 1. The number of fused-ring (bicyclic) bond motifs is 1. The van der Waals surface area contributed by atoms with Gasteiger partial charge in [0.25, 0.3) is 5.92 Å². The third-order valence-corrected chi connectivity index (χ3v) is 5.41. The van der Waals surface area contributed by atoms with Crippen molar-refractivity contribution in [3.8, 4) is 22.9 Å². The van der Waals surface area contributed by atoms with Crippen LogP contribution in [-0.2, 0) is 0 Å². The highest BCUT2D eigenvalue weighted by Crippen LogP contribution is 2.47. The molecule has 8 heteroatoms. The van der Waals surface area contributed by atoms with Gasteiger partial charge in [0.05, 0.1) is 19.1 Å². The minimum absolute atomic E-state index is 0.0527. The number of hydrogen-bond acceptors (Lipinski definition) is 5. The Morgan fingerprint density at radius 2 is 2.00 bits per heavy atom. The Bertz CT molecular complexity index is 1140. The molecule has 0 spiro atoms. The molecule has 0 unspecified atom stereocenters. The number of rotatable bonds is 3. The lowest BCUT2D eigenvalue weighted by Crippen LogP contribution is -2.36. The van der Waals surface area contributed by atoms with E-state index in [1.54, 1.807) is 11.7 Å². The molecule has 0 saturated heterocycles. The SMILES string of the molecule is COc1ccc(C)c(-c2c(N)c(C#N)nc3c2ncn3C2CC(F)(F)C2)c1C. The number of methoxy groups -OCH3 is 1. The third kappa shape index (κ3) is 2.58. The molecule has 1 saturated carbocycles. The van der Waals surface area contributed by atoms with Gasteiger partial charge in [-0.1, -0.05) is 6.07 Å². The number of alkyl halides is 2. The van der Waals surface area contributed by atoms with Crippen LogP contribution < -0.4 is 10.5 Å². The molecule has 144 valence electrons. The third-order valence-electron chi connectivity index (χ3n) is 5.41. The lowest BCUT2D eigenvalue weighted by atomic mass is 9.88. The fourth-order valence-corrected chi connectivity index (χ4v) is 3.92. The van der Waals surface area contributed by atoms with E-state index in [1.807, 2.05) is 32.0 Å². The number of benzene rings is 1. The van der Waals surface area contributed by atoms with E-state index >= 15 is 0 Å². The van der Waals surface area contributed by atoms with E-state index in [-0.39, 0.29) is 24.2 Å². The van der Waals surface area contributed by atoms with Crippen LogP contribution in [0.2, 0.25) is 0 Å². The van der Waals surface area contributed by atoms with Gasteiger partial charge >= 0.3 is 0 Å². The summed E-state index contributed by atoms with van der Waals surface area (Å²) in [4.78, 5) is 8.78. The van der Waals surface area contributed by atoms with Gasteiger partial charge in [-0.2, -0.15) is 5.26 Å². The van der Waals surface area contributed by atoms with E-state index in [4.69, 9.17) is 10.5 Å². The molecule has 1 aliphatic carbocycles. The van der Waals surface area contributed by atoms with Crippen LogP contribution in [0.3, 0.4) is 0 Å². The molecule has 6 nitrogen and oxygen atoms in total. The number of ether oxygens (including phenoxy) is 1. The Kier molecular flexibility index (Phi) is 4.00. The number of aromatic nitrogens is 3. The lowest BCUT2D eigenvalue weighted by Gasteiger charge is -2.35. The van der Waals surface area contributed by atoms with Gasteiger partial charge in [0.15, 0.2) is 11.3 Å². The minimum atomic E-state index is -2.67. The zero-order valence-electron chi connectivity index (χ0n) is 15.8.